The zero-order valence-electron chi connectivity index (χ0n) is 11.4. The van der Waals surface area contributed by atoms with Crippen LogP contribution in [0.4, 0.5) is 0 Å². The average molecular weight is 274 g/mol. The number of carboxylic acid groups (broad SMARTS) is 1. The smallest absolute Gasteiger partial charge is 0.371 e. The van der Waals surface area contributed by atoms with E-state index in [0.717, 1.165) is 30.6 Å². The minimum absolute atomic E-state index is 0.0115. The maximum absolute atomic E-state index is 10.9. The van der Waals surface area contributed by atoms with Gasteiger partial charge in [0.1, 0.15) is 5.58 Å². The van der Waals surface area contributed by atoms with Crippen molar-refractivity contribution in [3.63, 3.8) is 0 Å². The van der Waals surface area contributed by atoms with E-state index in [9.17, 15) is 4.79 Å². The summed E-state index contributed by atoms with van der Waals surface area (Å²) in [4.78, 5) is 13.2. The largest absolute Gasteiger partial charge is 0.475 e. The number of hydrogen-bond donors (Lipinski definition) is 2. The zero-order valence-corrected chi connectivity index (χ0v) is 11.4. The Morgan fingerprint density at radius 2 is 2.35 bits per heavy atom. The number of nitrogens with zero attached hydrogens (tertiary/aromatic N) is 1. The fourth-order valence-corrected chi connectivity index (χ4v) is 2.67. The molecule has 1 fully saturated rings. The molecule has 2 aromatic rings. The van der Waals surface area contributed by atoms with Gasteiger partial charge in [-0.3, -0.25) is 0 Å². The molecule has 0 bridgehead atoms. The highest BCUT2D eigenvalue weighted by molar-refractivity contribution is 5.91. The summed E-state index contributed by atoms with van der Waals surface area (Å²) in [5.41, 5.74) is 1.76. The maximum atomic E-state index is 10.9. The molecule has 0 radical (unpaired) electrons. The number of rotatable bonds is 4. The van der Waals surface area contributed by atoms with Crippen molar-refractivity contribution in [2.45, 2.75) is 19.0 Å². The molecule has 0 aliphatic carbocycles. The molecule has 1 aliphatic heterocycles. The molecule has 0 saturated carbocycles. The van der Waals surface area contributed by atoms with Crippen molar-refractivity contribution in [1.82, 2.24) is 10.2 Å². The second-order valence-electron chi connectivity index (χ2n) is 5.42. The summed E-state index contributed by atoms with van der Waals surface area (Å²) in [5, 5.41) is 13.3. The summed E-state index contributed by atoms with van der Waals surface area (Å²) >= 11 is 0. The van der Waals surface area contributed by atoms with E-state index in [1.54, 1.807) is 6.07 Å². The standard InChI is InChI=1S/C15H18N2O3/c1-17-5-4-12(9-17)16-8-10-2-3-13-11(6-10)7-14(20-13)15(18)19/h2-3,6-7,12,16H,4-5,8-9H2,1H3,(H,18,19). The lowest BCUT2D eigenvalue weighted by atomic mass is 10.1. The van der Waals surface area contributed by atoms with E-state index >= 15 is 0 Å². The van der Waals surface area contributed by atoms with Gasteiger partial charge in [0.2, 0.25) is 5.76 Å². The predicted octanol–water partition coefficient (Wildman–Crippen LogP) is 1.92. The van der Waals surface area contributed by atoms with E-state index in [2.05, 4.69) is 17.3 Å². The summed E-state index contributed by atoms with van der Waals surface area (Å²) in [6, 6.07) is 7.90. The molecule has 1 unspecified atom stereocenters. The predicted molar refractivity (Wildman–Crippen MR) is 75.9 cm³/mol. The van der Waals surface area contributed by atoms with Crippen molar-refractivity contribution in [3.8, 4) is 0 Å². The van der Waals surface area contributed by atoms with Crippen LogP contribution in [0.5, 0.6) is 0 Å². The summed E-state index contributed by atoms with van der Waals surface area (Å²) in [6.45, 7) is 3.01. The first kappa shape index (κ1) is 13.1. The number of carboxylic acids is 1. The van der Waals surface area contributed by atoms with Gasteiger partial charge in [-0.25, -0.2) is 4.79 Å². The average Bonchev–Trinajstić information content (AvgIpc) is 3.01. The van der Waals surface area contributed by atoms with Gasteiger partial charge in [0.15, 0.2) is 0 Å². The fraction of sp³-hybridized carbons (Fsp3) is 0.400. The van der Waals surface area contributed by atoms with Crippen molar-refractivity contribution in [2.75, 3.05) is 20.1 Å². The number of carbonyl (C=O) groups is 1. The minimum atomic E-state index is -1.03. The van der Waals surface area contributed by atoms with Crippen LogP contribution in [0.25, 0.3) is 11.0 Å². The Balaban J connectivity index is 1.70. The zero-order chi connectivity index (χ0) is 14.1. The number of hydrogen-bond acceptors (Lipinski definition) is 4. The first-order valence-electron chi connectivity index (χ1n) is 6.79. The topological polar surface area (TPSA) is 65.7 Å². The molecule has 0 spiro atoms. The Morgan fingerprint density at radius 1 is 1.50 bits per heavy atom. The number of furan rings is 1. The molecule has 5 heteroatoms. The summed E-state index contributed by atoms with van der Waals surface area (Å²) in [7, 11) is 2.13. The quantitative estimate of drug-likeness (QED) is 0.891. The molecule has 0 amide bonds. The normalized spacial score (nSPS) is 19.8. The van der Waals surface area contributed by atoms with Gasteiger partial charge in [0.25, 0.3) is 0 Å². The molecule has 1 aliphatic rings. The van der Waals surface area contributed by atoms with Gasteiger partial charge in [-0.05, 0) is 43.8 Å². The van der Waals surface area contributed by atoms with Gasteiger partial charge in [-0.1, -0.05) is 6.07 Å². The van der Waals surface area contributed by atoms with Crippen LogP contribution in [0.2, 0.25) is 0 Å². The molecule has 5 nitrogen and oxygen atoms in total. The molecule has 20 heavy (non-hydrogen) atoms. The highest BCUT2D eigenvalue weighted by Crippen LogP contribution is 2.21. The maximum Gasteiger partial charge on any atom is 0.371 e. The molecule has 1 aromatic carbocycles. The lowest BCUT2D eigenvalue weighted by Crippen LogP contribution is -2.30. The van der Waals surface area contributed by atoms with E-state index in [1.807, 2.05) is 18.2 Å². The monoisotopic (exact) mass is 274 g/mol. The Labute approximate surface area is 117 Å². The van der Waals surface area contributed by atoms with Crippen LogP contribution in [0.1, 0.15) is 22.5 Å². The van der Waals surface area contributed by atoms with E-state index in [0.29, 0.717) is 11.6 Å². The molecular weight excluding hydrogens is 256 g/mol. The van der Waals surface area contributed by atoms with Gasteiger partial charge >= 0.3 is 5.97 Å². The molecule has 2 heterocycles. The van der Waals surface area contributed by atoms with E-state index in [1.165, 1.54) is 6.42 Å². The van der Waals surface area contributed by atoms with E-state index < -0.39 is 5.97 Å². The Kier molecular flexibility index (Phi) is 3.46. The van der Waals surface area contributed by atoms with Crippen molar-refractivity contribution < 1.29 is 14.3 Å². The van der Waals surface area contributed by atoms with Gasteiger partial charge in [0.05, 0.1) is 0 Å². The number of benzene rings is 1. The van der Waals surface area contributed by atoms with Crippen LogP contribution >= 0.6 is 0 Å². The van der Waals surface area contributed by atoms with E-state index in [-0.39, 0.29) is 5.76 Å². The number of nitrogens with one attached hydrogen (secondary N) is 1. The second-order valence-corrected chi connectivity index (χ2v) is 5.42. The SMILES string of the molecule is CN1CCC(NCc2ccc3oc(C(=O)O)cc3c2)C1. The van der Waals surface area contributed by atoms with Crippen LogP contribution in [0.3, 0.4) is 0 Å². The molecule has 2 N–H and O–H groups in total. The first-order chi connectivity index (χ1) is 9.61. The summed E-state index contributed by atoms with van der Waals surface area (Å²) < 4.78 is 5.25. The van der Waals surface area contributed by atoms with Crippen LogP contribution in [0.15, 0.2) is 28.7 Å². The molecule has 3 rings (SSSR count). The van der Waals surface area contributed by atoms with Crippen LogP contribution in [0, 0.1) is 0 Å². The summed E-state index contributed by atoms with van der Waals surface area (Å²) in [6.07, 6.45) is 1.17. The van der Waals surface area contributed by atoms with Crippen molar-refractivity contribution >= 4 is 16.9 Å². The third-order valence-corrected chi connectivity index (χ3v) is 3.78. The Bertz CT molecular complexity index is 635. The highest BCUT2D eigenvalue weighted by atomic mass is 16.4. The minimum Gasteiger partial charge on any atom is -0.475 e. The Hall–Kier alpha value is -1.85. The summed E-state index contributed by atoms with van der Waals surface area (Å²) in [5.74, 6) is -1.04. The van der Waals surface area contributed by atoms with Crippen molar-refractivity contribution in [2.24, 2.45) is 0 Å². The number of likely N-dealkylation sites (N-methyl/N-ethyl adjacent to an activating group) is 1. The lowest BCUT2D eigenvalue weighted by molar-refractivity contribution is 0.0665. The molecule has 1 atom stereocenters. The van der Waals surface area contributed by atoms with Crippen LogP contribution < -0.4 is 5.32 Å². The van der Waals surface area contributed by atoms with Crippen LogP contribution in [-0.4, -0.2) is 42.2 Å². The third-order valence-electron chi connectivity index (χ3n) is 3.78. The lowest BCUT2D eigenvalue weighted by Gasteiger charge is -2.12. The molecule has 1 saturated heterocycles. The number of fused-ring (bicyclic) bond motifs is 1. The van der Waals surface area contributed by atoms with Gasteiger partial charge < -0.3 is 19.7 Å². The van der Waals surface area contributed by atoms with Gasteiger partial charge in [-0.15, -0.1) is 0 Å². The fourth-order valence-electron chi connectivity index (χ4n) is 2.67. The third kappa shape index (κ3) is 2.69. The van der Waals surface area contributed by atoms with Gasteiger partial charge in [-0.2, -0.15) is 0 Å². The van der Waals surface area contributed by atoms with Crippen molar-refractivity contribution in [1.29, 1.82) is 0 Å². The molecular formula is C15H18N2O3. The van der Waals surface area contributed by atoms with Crippen molar-refractivity contribution in [3.05, 3.63) is 35.6 Å². The number of likely N-dealkylation sites (tertiary alicyclic amines) is 1. The first-order valence-corrected chi connectivity index (χ1v) is 6.79. The Morgan fingerprint density at radius 3 is 3.05 bits per heavy atom. The molecule has 106 valence electrons. The van der Waals surface area contributed by atoms with Crippen LogP contribution in [-0.2, 0) is 6.54 Å². The highest BCUT2D eigenvalue weighted by Gasteiger charge is 2.18. The number of aromatic carboxylic acids is 1. The van der Waals surface area contributed by atoms with E-state index in [4.69, 9.17) is 9.52 Å². The molecule has 1 aromatic heterocycles. The van der Waals surface area contributed by atoms with Gasteiger partial charge in [0, 0.05) is 24.5 Å². The second kappa shape index (κ2) is 5.26.